The second-order valence-electron chi connectivity index (χ2n) is 5.58. The Morgan fingerprint density at radius 1 is 1.19 bits per heavy atom. The summed E-state index contributed by atoms with van der Waals surface area (Å²) in [5.74, 6) is -0.277. The minimum atomic E-state index is -4.41. The van der Waals surface area contributed by atoms with Gasteiger partial charge in [0.15, 0.2) is 0 Å². The summed E-state index contributed by atoms with van der Waals surface area (Å²) in [4.78, 5) is 17.8. The highest BCUT2D eigenvalue weighted by atomic mass is 32.2. The number of nitrogens with one attached hydrogen (secondary N) is 1. The molecule has 0 fully saturated rings. The van der Waals surface area contributed by atoms with E-state index in [1.165, 1.54) is 4.90 Å². The van der Waals surface area contributed by atoms with Gasteiger partial charge in [0, 0.05) is 13.1 Å². The molecule has 2 aromatic rings. The third-order valence-corrected chi connectivity index (χ3v) is 6.72. The molecule has 0 aliphatic rings. The Bertz CT molecular complexity index is 996. The fraction of sp³-hybridized carbons (Fsp3) is 0.615. The highest BCUT2D eigenvalue weighted by Crippen LogP contribution is 2.19. The highest BCUT2D eigenvalue weighted by Gasteiger charge is 2.35. The number of aromatic amines is 1. The van der Waals surface area contributed by atoms with Crippen LogP contribution in [0.3, 0.4) is 0 Å². The second-order valence-corrected chi connectivity index (χ2v) is 9.38. The maximum atomic E-state index is 12.8. The van der Waals surface area contributed by atoms with E-state index in [-0.39, 0.29) is 18.7 Å². The average molecular weight is 419 g/mol. The molecule has 1 amide bonds. The molecule has 2 rings (SSSR count). The van der Waals surface area contributed by atoms with Gasteiger partial charge in [-0.1, -0.05) is 19.1 Å². The summed E-state index contributed by atoms with van der Waals surface area (Å²) in [6, 6.07) is -0.785. The molecule has 0 saturated heterocycles. The molecule has 0 spiro atoms. The van der Waals surface area contributed by atoms with Crippen molar-refractivity contribution < 1.29 is 21.6 Å². The lowest BCUT2D eigenvalue weighted by Gasteiger charge is -2.19. The molecule has 0 radical (unpaired) electrons. The molecule has 150 valence electrons. The van der Waals surface area contributed by atoms with Gasteiger partial charge in [-0.3, -0.25) is 5.10 Å². The fourth-order valence-electron chi connectivity index (χ4n) is 2.28. The van der Waals surface area contributed by atoms with Crippen molar-refractivity contribution in [1.82, 2.24) is 35.1 Å². The Hall–Kier alpha value is -2.35. The number of amides is 1. The molecule has 0 atom stereocenters. The normalized spacial score (nSPS) is 12.3. The largest absolute Gasteiger partial charge is 0.347 e. The standard InChI is InChI=1S/C13H21N7O5S2/c1-4-7-19(6-3)13(21)20-12(27(24,25)10-9-14-18-16-10)15-11(17-20)26(22,23)8-5-2/h9H,4-8H2,1-3H3,(H,14,16,18). The topological polar surface area (TPSA) is 161 Å². The summed E-state index contributed by atoms with van der Waals surface area (Å²) < 4.78 is 50.7. The van der Waals surface area contributed by atoms with E-state index >= 15 is 0 Å². The van der Waals surface area contributed by atoms with E-state index in [0.29, 0.717) is 17.6 Å². The number of carbonyl (C=O) groups excluding carboxylic acids is 1. The zero-order valence-corrected chi connectivity index (χ0v) is 16.8. The first kappa shape index (κ1) is 21.0. The molecular weight excluding hydrogens is 398 g/mol. The van der Waals surface area contributed by atoms with E-state index in [9.17, 15) is 21.6 Å². The number of H-pyrrole nitrogens is 1. The van der Waals surface area contributed by atoms with Crippen LogP contribution >= 0.6 is 0 Å². The molecule has 12 nitrogen and oxygen atoms in total. The van der Waals surface area contributed by atoms with Gasteiger partial charge >= 0.3 is 6.03 Å². The van der Waals surface area contributed by atoms with Crippen LogP contribution in [-0.2, 0) is 19.7 Å². The van der Waals surface area contributed by atoms with Crippen LogP contribution in [0.25, 0.3) is 0 Å². The van der Waals surface area contributed by atoms with Crippen molar-refractivity contribution >= 4 is 25.7 Å². The number of aromatic nitrogens is 6. The first-order chi connectivity index (χ1) is 12.7. The van der Waals surface area contributed by atoms with Crippen LogP contribution in [0.2, 0.25) is 0 Å². The summed E-state index contributed by atoms with van der Waals surface area (Å²) in [5, 5.41) is 10.7. The summed E-state index contributed by atoms with van der Waals surface area (Å²) in [7, 11) is -8.35. The number of nitrogens with zero attached hydrogens (tertiary/aromatic N) is 6. The zero-order chi connectivity index (χ0) is 20.2. The van der Waals surface area contributed by atoms with E-state index in [1.807, 2.05) is 6.92 Å². The van der Waals surface area contributed by atoms with Gasteiger partial charge in [0.25, 0.3) is 20.2 Å². The van der Waals surface area contributed by atoms with Gasteiger partial charge in [0.05, 0.1) is 11.9 Å². The summed E-state index contributed by atoms with van der Waals surface area (Å²) in [6.45, 7) is 5.84. The van der Waals surface area contributed by atoms with Gasteiger partial charge in [-0.2, -0.15) is 4.98 Å². The van der Waals surface area contributed by atoms with Crippen LogP contribution in [0.1, 0.15) is 33.6 Å². The second kappa shape index (κ2) is 8.12. The molecule has 0 aromatic carbocycles. The van der Waals surface area contributed by atoms with Crippen LogP contribution < -0.4 is 0 Å². The van der Waals surface area contributed by atoms with Gasteiger partial charge in [0.2, 0.25) is 14.9 Å². The first-order valence-corrected chi connectivity index (χ1v) is 11.4. The lowest BCUT2D eigenvalue weighted by atomic mass is 10.4. The van der Waals surface area contributed by atoms with Gasteiger partial charge in [-0.25, -0.2) is 21.6 Å². The number of carbonyl (C=O) groups is 1. The molecule has 0 unspecified atom stereocenters. The van der Waals surface area contributed by atoms with Gasteiger partial charge in [-0.15, -0.1) is 14.9 Å². The van der Waals surface area contributed by atoms with Crippen molar-refractivity contribution in [3.63, 3.8) is 0 Å². The van der Waals surface area contributed by atoms with Crippen LogP contribution in [0.5, 0.6) is 0 Å². The van der Waals surface area contributed by atoms with Crippen LogP contribution in [-0.4, -0.2) is 76.8 Å². The van der Waals surface area contributed by atoms with Gasteiger partial charge < -0.3 is 4.90 Å². The smallest absolute Gasteiger partial charge is 0.323 e. The van der Waals surface area contributed by atoms with Crippen molar-refractivity contribution in [2.24, 2.45) is 0 Å². The Kier molecular flexibility index (Phi) is 6.30. The van der Waals surface area contributed by atoms with Gasteiger partial charge in [-0.05, 0) is 19.8 Å². The minimum absolute atomic E-state index is 0.277. The molecule has 0 bridgehead atoms. The summed E-state index contributed by atoms with van der Waals surface area (Å²) in [5.41, 5.74) is 0. The number of rotatable bonds is 8. The van der Waals surface area contributed by atoms with Crippen LogP contribution in [0.4, 0.5) is 4.79 Å². The molecule has 14 heteroatoms. The van der Waals surface area contributed by atoms with Crippen molar-refractivity contribution in [3.8, 4) is 0 Å². The van der Waals surface area contributed by atoms with E-state index in [1.54, 1.807) is 13.8 Å². The molecular formula is C13H21N7O5S2. The predicted octanol–water partition coefficient (Wildman–Crippen LogP) is 0.113. The third-order valence-electron chi connectivity index (χ3n) is 3.55. The molecule has 0 saturated carbocycles. The van der Waals surface area contributed by atoms with Crippen molar-refractivity contribution in [2.75, 3.05) is 18.8 Å². The van der Waals surface area contributed by atoms with E-state index in [4.69, 9.17) is 0 Å². The molecule has 2 heterocycles. The Labute approximate surface area is 156 Å². The zero-order valence-electron chi connectivity index (χ0n) is 15.2. The summed E-state index contributed by atoms with van der Waals surface area (Å²) in [6.07, 6.45) is 1.91. The summed E-state index contributed by atoms with van der Waals surface area (Å²) >= 11 is 0. The number of sulfone groups is 2. The van der Waals surface area contributed by atoms with E-state index < -0.39 is 41.0 Å². The lowest BCUT2D eigenvalue weighted by Crippen LogP contribution is -2.37. The fourth-order valence-corrected chi connectivity index (χ4v) is 4.58. The van der Waals surface area contributed by atoms with E-state index in [2.05, 4.69) is 25.5 Å². The highest BCUT2D eigenvalue weighted by molar-refractivity contribution is 7.92. The van der Waals surface area contributed by atoms with Crippen molar-refractivity contribution in [1.29, 1.82) is 0 Å². The number of hydrogen-bond donors (Lipinski definition) is 1. The molecule has 2 aromatic heterocycles. The minimum Gasteiger partial charge on any atom is -0.323 e. The lowest BCUT2D eigenvalue weighted by molar-refractivity contribution is 0.196. The first-order valence-electron chi connectivity index (χ1n) is 8.29. The Balaban J connectivity index is 2.67. The maximum Gasteiger partial charge on any atom is 0.347 e. The van der Waals surface area contributed by atoms with Crippen LogP contribution in [0, 0.1) is 0 Å². The monoisotopic (exact) mass is 419 g/mol. The van der Waals surface area contributed by atoms with Crippen LogP contribution in [0.15, 0.2) is 21.5 Å². The number of hydrogen-bond acceptors (Lipinski definition) is 9. The van der Waals surface area contributed by atoms with Crippen molar-refractivity contribution in [3.05, 3.63) is 6.20 Å². The third kappa shape index (κ3) is 4.16. The Morgan fingerprint density at radius 3 is 2.41 bits per heavy atom. The molecule has 0 aliphatic carbocycles. The average Bonchev–Trinajstić information content (AvgIpc) is 3.29. The quantitative estimate of drug-likeness (QED) is 0.626. The SMILES string of the molecule is CCCN(CC)C(=O)n1nc(S(=O)(=O)CCC)nc1S(=O)(=O)c1c[nH]nn1. The Morgan fingerprint density at radius 2 is 1.89 bits per heavy atom. The van der Waals surface area contributed by atoms with E-state index in [0.717, 1.165) is 6.20 Å². The molecule has 0 aliphatic heterocycles. The predicted molar refractivity (Wildman–Crippen MR) is 92.5 cm³/mol. The van der Waals surface area contributed by atoms with Crippen molar-refractivity contribution in [2.45, 2.75) is 49.0 Å². The van der Waals surface area contributed by atoms with Gasteiger partial charge in [0.1, 0.15) is 0 Å². The molecule has 27 heavy (non-hydrogen) atoms. The maximum absolute atomic E-state index is 12.8. The molecule has 1 N–H and O–H groups in total.